The predicted molar refractivity (Wildman–Crippen MR) is 124 cm³/mol. The van der Waals surface area contributed by atoms with Gasteiger partial charge in [0.25, 0.3) is 0 Å². The number of carboxylic acids is 1. The van der Waals surface area contributed by atoms with E-state index in [0.29, 0.717) is 13.0 Å². The number of amides is 2. The van der Waals surface area contributed by atoms with Crippen molar-refractivity contribution in [2.45, 2.75) is 44.6 Å². The van der Waals surface area contributed by atoms with Crippen LogP contribution in [-0.2, 0) is 14.3 Å². The molecule has 1 fully saturated rings. The molecule has 2 unspecified atom stereocenters. The number of alkyl carbamates (subject to hydrolysis) is 1. The number of nitrogens with zero attached hydrogens (tertiary/aromatic N) is 1. The van der Waals surface area contributed by atoms with Crippen LogP contribution in [0.25, 0.3) is 11.1 Å². The van der Waals surface area contributed by atoms with Gasteiger partial charge in [-0.05, 0) is 47.4 Å². The lowest BCUT2D eigenvalue weighted by molar-refractivity contribution is -0.152. The number of hydrogen-bond acceptors (Lipinski definition) is 4. The standard InChI is InChI=1S/C26H30N2O5/c1-17(14-24(29)28-13-7-6-12-23(28)25(30)31)15-27-26(32)33-16-22-20-10-4-2-8-18(20)19-9-3-5-11-21(19)22/h2-5,8-11,17,22-23H,6-7,12-16H2,1H3,(H,27,32)(H,30,31). The second-order valence-corrected chi connectivity index (χ2v) is 8.95. The largest absolute Gasteiger partial charge is 0.480 e. The van der Waals surface area contributed by atoms with Crippen LogP contribution in [0.2, 0.25) is 0 Å². The van der Waals surface area contributed by atoms with Crippen LogP contribution in [0.15, 0.2) is 48.5 Å². The van der Waals surface area contributed by atoms with E-state index in [4.69, 9.17) is 4.74 Å². The molecule has 0 bridgehead atoms. The molecular formula is C26H30N2O5. The molecule has 0 saturated carbocycles. The van der Waals surface area contributed by atoms with E-state index in [9.17, 15) is 19.5 Å². The molecule has 0 aromatic heterocycles. The van der Waals surface area contributed by atoms with Crippen molar-refractivity contribution in [3.05, 3.63) is 59.7 Å². The number of aliphatic carboxylic acids is 1. The van der Waals surface area contributed by atoms with Crippen molar-refractivity contribution in [2.24, 2.45) is 5.92 Å². The zero-order valence-corrected chi connectivity index (χ0v) is 18.8. The first-order valence-corrected chi connectivity index (χ1v) is 11.6. The normalized spacial score (nSPS) is 18.2. The third-order valence-electron chi connectivity index (χ3n) is 6.57. The average Bonchev–Trinajstić information content (AvgIpc) is 3.15. The van der Waals surface area contributed by atoms with Crippen LogP contribution in [0.1, 0.15) is 49.7 Å². The quantitative estimate of drug-likeness (QED) is 0.664. The molecule has 0 spiro atoms. The Morgan fingerprint density at radius 1 is 1.06 bits per heavy atom. The van der Waals surface area contributed by atoms with Crippen LogP contribution in [0, 0.1) is 5.92 Å². The first-order chi connectivity index (χ1) is 16.0. The van der Waals surface area contributed by atoms with Crippen molar-refractivity contribution in [3.8, 4) is 11.1 Å². The summed E-state index contributed by atoms with van der Waals surface area (Å²) in [5.74, 6) is -1.26. The highest BCUT2D eigenvalue weighted by atomic mass is 16.5. The van der Waals surface area contributed by atoms with Gasteiger partial charge < -0.3 is 20.1 Å². The second-order valence-electron chi connectivity index (χ2n) is 8.95. The summed E-state index contributed by atoms with van der Waals surface area (Å²) >= 11 is 0. The molecule has 7 nitrogen and oxygen atoms in total. The first-order valence-electron chi connectivity index (χ1n) is 11.6. The number of nitrogens with one attached hydrogen (secondary N) is 1. The fraction of sp³-hybridized carbons (Fsp3) is 0.423. The van der Waals surface area contributed by atoms with Crippen LogP contribution in [0.4, 0.5) is 4.79 Å². The maximum absolute atomic E-state index is 12.6. The number of fused-ring (bicyclic) bond motifs is 3. The lowest BCUT2D eigenvalue weighted by Gasteiger charge is -2.33. The van der Waals surface area contributed by atoms with E-state index in [1.54, 1.807) is 0 Å². The first kappa shape index (κ1) is 22.8. The summed E-state index contributed by atoms with van der Waals surface area (Å²) < 4.78 is 5.54. The summed E-state index contributed by atoms with van der Waals surface area (Å²) in [5.41, 5.74) is 4.65. The topological polar surface area (TPSA) is 95.9 Å². The van der Waals surface area contributed by atoms with Gasteiger partial charge in [-0.25, -0.2) is 9.59 Å². The average molecular weight is 451 g/mol. The van der Waals surface area contributed by atoms with E-state index in [0.717, 1.165) is 24.0 Å². The van der Waals surface area contributed by atoms with Gasteiger partial charge in [0.15, 0.2) is 0 Å². The van der Waals surface area contributed by atoms with Gasteiger partial charge in [-0.3, -0.25) is 4.79 Å². The molecule has 33 heavy (non-hydrogen) atoms. The summed E-state index contributed by atoms with van der Waals surface area (Å²) in [6.07, 6.45) is 1.81. The number of ether oxygens (including phenoxy) is 1. The molecule has 2 N–H and O–H groups in total. The predicted octanol–water partition coefficient (Wildman–Crippen LogP) is 4.02. The number of carbonyl (C=O) groups is 3. The molecule has 174 valence electrons. The number of carboxylic acid groups (broad SMARTS) is 1. The van der Waals surface area contributed by atoms with Gasteiger partial charge in [-0.2, -0.15) is 0 Å². The molecule has 2 aromatic rings. The summed E-state index contributed by atoms with van der Waals surface area (Å²) in [7, 11) is 0. The SMILES string of the molecule is CC(CNC(=O)OCC1c2ccccc2-c2ccccc21)CC(=O)N1CCCCC1C(=O)O. The Morgan fingerprint density at radius 2 is 1.70 bits per heavy atom. The van der Waals surface area contributed by atoms with Gasteiger partial charge in [0.2, 0.25) is 5.91 Å². The molecule has 2 aromatic carbocycles. The highest BCUT2D eigenvalue weighted by Gasteiger charge is 2.32. The van der Waals surface area contributed by atoms with Crippen LogP contribution in [0.5, 0.6) is 0 Å². The Morgan fingerprint density at radius 3 is 2.33 bits per heavy atom. The number of likely N-dealkylation sites (tertiary alicyclic amines) is 1. The van der Waals surface area contributed by atoms with Crippen molar-refractivity contribution in [1.29, 1.82) is 0 Å². The third kappa shape index (κ3) is 5.02. The van der Waals surface area contributed by atoms with Gasteiger partial charge in [0.05, 0.1) is 0 Å². The van der Waals surface area contributed by atoms with Gasteiger partial charge in [0, 0.05) is 25.4 Å². The third-order valence-corrected chi connectivity index (χ3v) is 6.57. The van der Waals surface area contributed by atoms with Crippen molar-refractivity contribution < 1.29 is 24.2 Å². The van der Waals surface area contributed by atoms with Crippen molar-refractivity contribution in [3.63, 3.8) is 0 Å². The lowest BCUT2D eigenvalue weighted by atomic mass is 9.98. The highest BCUT2D eigenvalue weighted by Crippen LogP contribution is 2.44. The fourth-order valence-electron chi connectivity index (χ4n) is 4.88. The molecule has 1 heterocycles. The van der Waals surface area contributed by atoms with Gasteiger partial charge in [-0.15, -0.1) is 0 Å². The van der Waals surface area contributed by atoms with Crippen molar-refractivity contribution in [1.82, 2.24) is 10.2 Å². The van der Waals surface area contributed by atoms with Crippen LogP contribution >= 0.6 is 0 Å². The van der Waals surface area contributed by atoms with E-state index in [1.165, 1.54) is 16.0 Å². The summed E-state index contributed by atoms with van der Waals surface area (Å²) in [5, 5.41) is 12.1. The van der Waals surface area contributed by atoms with Crippen LogP contribution in [-0.4, -0.2) is 53.7 Å². The Bertz CT molecular complexity index is 991. The van der Waals surface area contributed by atoms with Gasteiger partial charge in [0.1, 0.15) is 12.6 Å². The molecule has 1 aliphatic carbocycles. The Labute approximate surface area is 193 Å². The number of carbonyl (C=O) groups excluding carboxylic acids is 2. The minimum absolute atomic E-state index is 0.00537. The zero-order chi connectivity index (χ0) is 23.4. The lowest BCUT2D eigenvalue weighted by Crippen LogP contribution is -2.48. The van der Waals surface area contributed by atoms with Gasteiger partial charge in [-0.1, -0.05) is 55.5 Å². The van der Waals surface area contributed by atoms with Crippen LogP contribution < -0.4 is 5.32 Å². The van der Waals surface area contributed by atoms with E-state index in [1.807, 2.05) is 31.2 Å². The Balaban J connectivity index is 1.27. The molecule has 7 heteroatoms. The summed E-state index contributed by atoms with van der Waals surface area (Å²) in [6, 6.07) is 15.6. The molecule has 1 aliphatic heterocycles. The minimum Gasteiger partial charge on any atom is -0.480 e. The molecule has 2 amide bonds. The number of rotatable bonds is 7. The monoisotopic (exact) mass is 450 g/mol. The second kappa shape index (κ2) is 10.1. The van der Waals surface area contributed by atoms with E-state index in [2.05, 4.69) is 29.6 Å². The molecule has 2 aliphatic rings. The Hall–Kier alpha value is -3.35. The molecule has 2 atom stereocenters. The molecule has 4 rings (SSSR count). The maximum Gasteiger partial charge on any atom is 0.407 e. The minimum atomic E-state index is -0.951. The number of benzene rings is 2. The van der Waals surface area contributed by atoms with E-state index < -0.39 is 18.1 Å². The number of piperidine rings is 1. The summed E-state index contributed by atoms with van der Waals surface area (Å²) in [6.45, 7) is 2.86. The molecular weight excluding hydrogens is 420 g/mol. The Kier molecular flexibility index (Phi) is 6.96. The zero-order valence-electron chi connectivity index (χ0n) is 18.8. The van der Waals surface area contributed by atoms with Gasteiger partial charge >= 0.3 is 12.1 Å². The van der Waals surface area contributed by atoms with Crippen molar-refractivity contribution >= 4 is 18.0 Å². The maximum atomic E-state index is 12.6. The van der Waals surface area contributed by atoms with E-state index >= 15 is 0 Å². The highest BCUT2D eigenvalue weighted by molar-refractivity contribution is 5.84. The molecule has 0 radical (unpaired) electrons. The van der Waals surface area contributed by atoms with E-state index in [-0.39, 0.29) is 37.3 Å². The smallest absolute Gasteiger partial charge is 0.407 e. The summed E-state index contributed by atoms with van der Waals surface area (Å²) in [4.78, 5) is 37.9. The fourth-order valence-corrected chi connectivity index (χ4v) is 4.88. The van der Waals surface area contributed by atoms with Crippen LogP contribution in [0.3, 0.4) is 0 Å². The number of hydrogen-bond donors (Lipinski definition) is 2. The van der Waals surface area contributed by atoms with Crippen molar-refractivity contribution in [2.75, 3.05) is 19.7 Å². The molecule has 1 saturated heterocycles.